The Bertz CT molecular complexity index is 513. The van der Waals surface area contributed by atoms with Gasteiger partial charge >= 0.3 is 5.97 Å². The predicted molar refractivity (Wildman–Crippen MR) is 62.4 cm³/mol. The lowest BCUT2D eigenvalue weighted by Crippen LogP contribution is -2.47. The number of carbonyl (C=O) groups is 2. The molecule has 0 aliphatic heterocycles. The number of hydrogen-bond donors (Lipinski definition) is 2. The summed E-state index contributed by atoms with van der Waals surface area (Å²) < 4.78 is 26.2. The Morgan fingerprint density at radius 3 is 2.63 bits per heavy atom. The first kappa shape index (κ1) is 13.5. The molecule has 1 aliphatic rings. The van der Waals surface area contributed by atoms with Gasteiger partial charge in [-0.1, -0.05) is 0 Å². The number of amides is 1. The topological polar surface area (TPSA) is 66.4 Å². The zero-order valence-electron chi connectivity index (χ0n) is 10.0. The molecule has 0 aromatic heterocycles. The molecule has 0 radical (unpaired) electrons. The van der Waals surface area contributed by atoms with E-state index in [2.05, 4.69) is 5.32 Å². The van der Waals surface area contributed by atoms with Crippen molar-refractivity contribution in [2.75, 3.05) is 0 Å². The number of rotatable bonds is 4. The summed E-state index contributed by atoms with van der Waals surface area (Å²) in [6, 6.07) is 2.75. The van der Waals surface area contributed by atoms with Gasteiger partial charge in [-0.15, -0.1) is 0 Å². The zero-order chi connectivity index (χ0) is 14.0. The third-order valence-corrected chi connectivity index (χ3v) is 3.21. The summed E-state index contributed by atoms with van der Waals surface area (Å²) in [4.78, 5) is 22.2. The minimum absolute atomic E-state index is 0.00777. The van der Waals surface area contributed by atoms with Crippen molar-refractivity contribution in [1.82, 2.24) is 5.32 Å². The molecule has 1 aromatic carbocycles. The van der Waals surface area contributed by atoms with Crippen LogP contribution in [-0.4, -0.2) is 23.0 Å². The summed E-state index contributed by atoms with van der Waals surface area (Å²) in [7, 11) is 0. The van der Waals surface area contributed by atoms with Crippen LogP contribution in [0.25, 0.3) is 0 Å². The highest BCUT2D eigenvalue weighted by Crippen LogP contribution is 2.27. The van der Waals surface area contributed by atoms with Gasteiger partial charge in [0.2, 0.25) is 5.91 Å². The van der Waals surface area contributed by atoms with Crippen LogP contribution in [0.3, 0.4) is 0 Å². The molecule has 4 nitrogen and oxygen atoms in total. The average molecular weight is 269 g/mol. The number of halogens is 2. The van der Waals surface area contributed by atoms with E-state index in [0.29, 0.717) is 12.8 Å². The minimum atomic E-state index is -0.873. The Kier molecular flexibility index (Phi) is 3.78. The first-order valence-electron chi connectivity index (χ1n) is 5.92. The summed E-state index contributed by atoms with van der Waals surface area (Å²) in [5, 5.41) is 11.3. The first-order valence-corrected chi connectivity index (χ1v) is 5.92. The second-order valence-corrected chi connectivity index (χ2v) is 4.68. The van der Waals surface area contributed by atoms with Gasteiger partial charge in [0.1, 0.15) is 11.6 Å². The number of carbonyl (C=O) groups excluding carboxylic acids is 1. The standard InChI is InChI=1S/C13H13F2NO3/c14-9-1-2-11(15)7(3-9)6-12(17)16-10-4-8(5-10)13(18)19/h1-3,8,10H,4-6H2,(H,16,17)(H,18,19). The molecular formula is C13H13F2NO3. The molecule has 0 spiro atoms. The van der Waals surface area contributed by atoms with E-state index in [-0.39, 0.29) is 18.0 Å². The lowest BCUT2D eigenvalue weighted by atomic mass is 9.80. The SMILES string of the molecule is O=C(Cc1cc(F)ccc1F)NC1CC(C(=O)O)C1. The number of hydrogen-bond acceptors (Lipinski definition) is 2. The fourth-order valence-corrected chi connectivity index (χ4v) is 2.07. The molecule has 0 saturated heterocycles. The van der Waals surface area contributed by atoms with Gasteiger partial charge < -0.3 is 10.4 Å². The smallest absolute Gasteiger partial charge is 0.306 e. The maximum atomic E-state index is 13.3. The van der Waals surface area contributed by atoms with Gasteiger partial charge in [0.05, 0.1) is 12.3 Å². The maximum Gasteiger partial charge on any atom is 0.306 e. The second kappa shape index (κ2) is 5.34. The Morgan fingerprint density at radius 2 is 2.00 bits per heavy atom. The van der Waals surface area contributed by atoms with Crippen molar-refractivity contribution >= 4 is 11.9 Å². The summed E-state index contributed by atoms with van der Waals surface area (Å²) in [6.07, 6.45) is 0.511. The normalized spacial score (nSPS) is 21.6. The van der Waals surface area contributed by atoms with Crippen LogP contribution in [0.5, 0.6) is 0 Å². The molecule has 0 heterocycles. The van der Waals surface area contributed by atoms with Crippen LogP contribution in [0.2, 0.25) is 0 Å². The van der Waals surface area contributed by atoms with E-state index in [9.17, 15) is 18.4 Å². The third kappa shape index (κ3) is 3.27. The van der Waals surface area contributed by atoms with E-state index >= 15 is 0 Å². The van der Waals surface area contributed by atoms with Crippen molar-refractivity contribution in [2.24, 2.45) is 5.92 Å². The highest BCUT2D eigenvalue weighted by molar-refractivity contribution is 5.79. The molecular weight excluding hydrogens is 256 g/mol. The zero-order valence-corrected chi connectivity index (χ0v) is 10.0. The largest absolute Gasteiger partial charge is 0.481 e. The molecule has 0 unspecified atom stereocenters. The van der Waals surface area contributed by atoms with E-state index in [1.165, 1.54) is 0 Å². The third-order valence-electron chi connectivity index (χ3n) is 3.21. The van der Waals surface area contributed by atoms with Crippen molar-refractivity contribution in [1.29, 1.82) is 0 Å². The minimum Gasteiger partial charge on any atom is -0.481 e. The number of carboxylic acid groups (broad SMARTS) is 1. The Hall–Kier alpha value is -1.98. The fourth-order valence-electron chi connectivity index (χ4n) is 2.07. The highest BCUT2D eigenvalue weighted by Gasteiger charge is 2.35. The molecule has 0 atom stereocenters. The Labute approximate surface area is 108 Å². The summed E-state index contributed by atoms with van der Waals surface area (Å²) >= 11 is 0. The summed E-state index contributed by atoms with van der Waals surface area (Å²) in [6.45, 7) is 0. The maximum absolute atomic E-state index is 13.3. The lowest BCUT2D eigenvalue weighted by molar-refractivity contribution is -0.146. The summed E-state index contributed by atoms with van der Waals surface area (Å²) in [5.41, 5.74) is -0.00777. The number of benzene rings is 1. The van der Waals surface area contributed by atoms with E-state index < -0.39 is 29.4 Å². The van der Waals surface area contributed by atoms with Gasteiger partial charge in [-0.3, -0.25) is 9.59 Å². The summed E-state index contributed by atoms with van der Waals surface area (Å²) in [5.74, 6) is -2.96. The molecule has 19 heavy (non-hydrogen) atoms. The quantitative estimate of drug-likeness (QED) is 0.870. The molecule has 1 saturated carbocycles. The molecule has 6 heteroatoms. The van der Waals surface area contributed by atoms with E-state index in [1.54, 1.807) is 0 Å². The number of aliphatic carboxylic acids is 1. The van der Waals surface area contributed by atoms with Crippen molar-refractivity contribution < 1.29 is 23.5 Å². The molecule has 1 aliphatic carbocycles. The molecule has 1 fully saturated rings. The van der Waals surface area contributed by atoms with E-state index in [1.807, 2.05) is 0 Å². The van der Waals surface area contributed by atoms with Gasteiger partial charge in [-0.2, -0.15) is 0 Å². The first-order chi connectivity index (χ1) is 8.95. The van der Waals surface area contributed by atoms with Crippen molar-refractivity contribution in [3.8, 4) is 0 Å². The van der Waals surface area contributed by atoms with Gasteiger partial charge in [-0.05, 0) is 31.0 Å². The molecule has 1 amide bonds. The van der Waals surface area contributed by atoms with Crippen LogP contribution in [0, 0.1) is 17.6 Å². The molecule has 102 valence electrons. The second-order valence-electron chi connectivity index (χ2n) is 4.68. The van der Waals surface area contributed by atoms with Crippen molar-refractivity contribution in [2.45, 2.75) is 25.3 Å². The van der Waals surface area contributed by atoms with Crippen LogP contribution in [0.15, 0.2) is 18.2 Å². The predicted octanol–water partition coefficient (Wildman–Crippen LogP) is 1.49. The fraction of sp³-hybridized carbons (Fsp3) is 0.385. The van der Waals surface area contributed by atoms with Crippen LogP contribution >= 0.6 is 0 Å². The highest BCUT2D eigenvalue weighted by atomic mass is 19.1. The molecule has 1 aromatic rings. The van der Waals surface area contributed by atoms with Crippen LogP contribution in [0.4, 0.5) is 8.78 Å². The Balaban J connectivity index is 1.85. The van der Waals surface area contributed by atoms with Crippen LogP contribution < -0.4 is 5.32 Å². The molecule has 2 N–H and O–H groups in total. The van der Waals surface area contributed by atoms with Crippen LogP contribution in [0.1, 0.15) is 18.4 Å². The van der Waals surface area contributed by atoms with Gasteiger partial charge in [-0.25, -0.2) is 8.78 Å². The van der Waals surface area contributed by atoms with Crippen LogP contribution in [-0.2, 0) is 16.0 Å². The van der Waals surface area contributed by atoms with Gasteiger partial charge in [0.15, 0.2) is 0 Å². The van der Waals surface area contributed by atoms with Gasteiger partial charge in [0, 0.05) is 11.6 Å². The number of carboxylic acids is 1. The van der Waals surface area contributed by atoms with Crippen molar-refractivity contribution in [3.63, 3.8) is 0 Å². The van der Waals surface area contributed by atoms with E-state index in [0.717, 1.165) is 18.2 Å². The average Bonchev–Trinajstić information content (AvgIpc) is 2.27. The molecule has 2 rings (SSSR count). The van der Waals surface area contributed by atoms with Gasteiger partial charge in [0.25, 0.3) is 0 Å². The van der Waals surface area contributed by atoms with E-state index in [4.69, 9.17) is 5.11 Å². The Morgan fingerprint density at radius 1 is 1.32 bits per heavy atom. The lowest BCUT2D eigenvalue weighted by Gasteiger charge is -2.32. The molecule has 0 bridgehead atoms. The van der Waals surface area contributed by atoms with Crippen molar-refractivity contribution in [3.05, 3.63) is 35.4 Å². The monoisotopic (exact) mass is 269 g/mol. The number of nitrogens with one attached hydrogen (secondary N) is 1.